The number of benzene rings is 1. The first kappa shape index (κ1) is 17.2. The lowest BCUT2D eigenvalue weighted by Crippen LogP contribution is -2.26. The van der Waals surface area contributed by atoms with Crippen LogP contribution in [0.3, 0.4) is 0 Å². The molecule has 0 bridgehead atoms. The SMILES string of the molecule is O=[N+]([O-])c1ccccc1S(=O)(=O)NCCc1csc(-n2cccn2)n1. The van der Waals surface area contributed by atoms with Crippen molar-refractivity contribution in [2.24, 2.45) is 0 Å². The van der Waals surface area contributed by atoms with Crippen molar-refractivity contribution >= 4 is 27.0 Å². The zero-order valence-corrected chi connectivity index (χ0v) is 14.4. The van der Waals surface area contributed by atoms with Crippen LogP contribution in [0.25, 0.3) is 5.13 Å². The Bertz CT molecular complexity index is 982. The molecule has 2 aromatic heterocycles. The van der Waals surface area contributed by atoms with Gasteiger partial charge in [-0.15, -0.1) is 11.3 Å². The number of sulfonamides is 1. The number of hydrogen-bond acceptors (Lipinski definition) is 7. The van der Waals surface area contributed by atoms with Crippen LogP contribution in [0.4, 0.5) is 5.69 Å². The lowest BCUT2D eigenvalue weighted by molar-refractivity contribution is -0.387. The second kappa shape index (κ2) is 7.09. The first-order valence-electron chi connectivity index (χ1n) is 7.15. The van der Waals surface area contributed by atoms with E-state index in [1.165, 1.54) is 29.5 Å². The number of nitrogens with one attached hydrogen (secondary N) is 1. The highest BCUT2D eigenvalue weighted by Gasteiger charge is 2.24. The number of rotatable bonds is 7. The molecule has 0 amide bonds. The molecule has 0 spiro atoms. The number of hydrogen-bond donors (Lipinski definition) is 1. The summed E-state index contributed by atoms with van der Waals surface area (Å²) in [5, 5.41) is 17.5. The molecule has 0 saturated heterocycles. The van der Waals surface area contributed by atoms with Gasteiger partial charge >= 0.3 is 0 Å². The Labute approximate surface area is 147 Å². The van der Waals surface area contributed by atoms with Crippen molar-refractivity contribution in [3.63, 3.8) is 0 Å². The van der Waals surface area contributed by atoms with Crippen molar-refractivity contribution < 1.29 is 13.3 Å². The van der Waals surface area contributed by atoms with Crippen LogP contribution >= 0.6 is 11.3 Å². The Morgan fingerprint density at radius 3 is 2.80 bits per heavy atom. The van der Waals surface area contributed by atoms with E-state index in [0.717, 1.165) is 6.07 Å². The molecule has 25 heavy (non-hydrogen) atoms. The number of thiazole rings is 1. The molecule has 0 atom stereocenters. The molecule has 130 valence electrons. The molecule has 9 nitrogen and oxygen atoms in total. The second-order valence-electron chi connectivity index (χ2n) is 4.94. The molecular weight excluding hydrogens is 366 g/mol. The molecule has 1 aromatic carbocycles. The first-order valence-corrected chi connectivity index (χ1v) is 9.51. The zero-order chi connectivity index (χ0) is 17.9. The summed E-state index contributed by atoms with van der Waals surface area (Å²) in [7, 11) is -3.98. The minimum absolute atomic E-state index is 0.0800. The lowest BCUT2D eigenvalue weighted by Gasteiger charge is -2.06. The van der Waals surface area contributed by atoms with E-state index < -0.39 is 20.6 Å². The maximum absolute atomic E-state index is 12.3. The Morgan fingerprint density at radius 1 is 1.28 bits per heavy atom. The van der Waals surface area contributed by atoms with Gasteiger partial charge in [-0.05, 0) is 12.1 Å². The molecule has 0 aliphatic carbocycles. The Morgan fingerprint density at radius 2 is 2.08 bits per heavy atom. The van der Waals surface area contributed by atoms with Crippen LogP contribution < -0.4 is 4.72 Å². The molecule has 3 aromatic rings. The summed E-state index contributed by atoms with van der Waals surface area (Å²) in [6.07, 6.45) is 3.76. The molecule has 0 aliphatic rings. The molecule has 0 saturated carbocycles. The molecule has 0 unspecified atom stereocenters. The van der Waals surface area contributed by atoms with Gasteiger partial charge < -0.3 is 0 Å². The predicted octanol–water partition coefficient (Wildman–Crippen LogP) is 1.76. The first-order chi connectivity index (χ1) is 12.0. The number of aromatic nitrogens is 3. The number of nitrogens with zero attached hydrogens (tertiary/aromatic N) is 4. The van der Waals surface area contributed by atoms with Crippen molar-refractivity contribution in [1.82, 2.24) is 19.5 Å². The second-order valence-corrected chi connectivity index (χ2v) is 7.52. The van der Waals surface area contributed by atoms with Gasteiger partial charge in [0, 0.05) is 36.8 Å². The van der Waals surface area contributed by atoms with Crippen molar-refractivity contribution in [1.29, 1.82) is 0 Å². The third-order valence-corrected chi connectivity index (χ3v) is 5.65. The van der Waals surface area contributed by atoms with E-state index in [-0.39, 0.29) is 11.4 Å². The van der Waals surface area contributed by atoms with Crippen LogP contribution in [0.1, 0.15) is 5.69 Å². The fraction of sp³-hybridized carbons (Fsp3) is 0.143. The molecule has 0 fully saturated rings. The summed E-state index contributed by atoms with van der Waals surface area (Å²) in [6, 6.07) is 7.01. The third kappa shape index (κ3) is 3.90. The van der Waals surface area contributed by atoms with E-state index in [2.05, 4.69) is 14.8 Å². The zero-order valence-electron chi connectivity index (χ0n) is 12.8. The monoisotopic (exact) mass is 379 g/mol. The van der Waals surface area contributed by atoms with Crippen LogP contribution in [0.15, 0.2) is 53.0 Å². The quantitative estimate of drug-likeness (QED) is 0.493. The number of nitro benzene ring substituents is 1. The molecular formula is C14H13N5O4S2. The maximum Gasteiger partial charge on any atom is 0.289 e. The van der Waals surface area contributed by atoms with Crippen LogP contribution in [-0.2, 0) is 16.4 Å². The van der Waals surface area contributed by atoms with Crippen LogP contribution in [0.2, 0.25) is 0 Å². The van der Waals surface area contributed by atoms with Crippen LogP contribution in [0, 0.1) is 10.1 Å². The lowest BCUT2D eigenvalue weighted by atomic mass is 10.3. The van der Waals surface area contributed by atoms with Gasteiger partial charge in [0.15, 0.2) is 4.90 Å². The van der Waals surface area contributed by atoms with Crippen LogP contribution in [-0.4, -0.2) is 34.7 Å². The highest BCUT2D eigenvalue weighted by Crippen LogP contribution is 2.22. The normalized spacial score (nSPS) is 11.5. The molecule has 0 radical (unpaired) electrons. The summed E-state index contributed by atoms with van der Waals surface area (Å²) in [5.41, 5.74) is 0.255. The number of nitro groups is 1. The summed E-state index contributed by atoms with van der Waals surface area (Å²) in [4.78, 5) is 14.3. The fourth-order valence-corrected chi connectivity index (χ4v) is 4.12. The van der Waals surface area contributed by atoms with E-state index in [1.807, 2.05) is 5.38 Å². The van der Waals surface area contributed by atoms with Gasteiger partial charge in [-0.3, -0.25) is 10.1 Å². The van der Waals surface area contributed by atoms with E-state index in [1.54, 1.807) is 23.1 Å². The van der Waals surface area contributed by atoms with Gasteiger partial charge in [0.25, 0.3) is 5.69 Å². The van der Waals surface area contributed by atoms with Crippen molar-refractivity contribution in [3.05, 3.63) is 63.9 Å². The Balaban J connectivity index is 1.67. The average Bonchev–Trinajstić information content (AvgIpc) is 3.26. The summed E-state index contributed by atoms with van der Waals surface area (Å²) in [6.45, 7) is 0.0800. The molecule has 0 aliphatic heterocycles. The maximum atomic E-state index is 12.3. The summed E-state index contributed by atoms with van der Waals surface area (Å²) < 4.78 is 28.6. The summed E-state index contributed by atoms with van der Waals surface area (Å²) in [5.74, 6) is 0. The molecule has 11 heteroatoms. The van der Waals surface area contributed by atoms with Crippen molar-refractivity contribution in [2.75, 3.05) is 6.54 Å². The number of para-hydroxylation sites is 1. The van der Waals surface area contributed by atoms with E-state index in [9.17, 15) is 18.5 Å². The highest BCUT2D eigenvalue weighted by molar-refractivity contribution is 7.89. The van der Waals surface area contributed by atoms with E-state index in [0.29, 0.717) is 17.2 Å². The summed E-state index contributed by atoms with van der Waals surface area (Å²) >= 11 is 1.39. The van der Waals surface area contributed by atoms with Crippen molar-refractivity contribution in [3.8, 4) is 5.13 Å². The minimum Gasteiger partial charge on any atom is -0.258 e. The standard InChI is InChI=1S/C14H13N5O4S2/c20-19(21)12-4-1-2-5-13(12)25(22,23)16-8-6-11-10-24-14(17-11)18-9-3-7-15-18/h1-5,7,9-10,16H,6,8H2. The van der Waals surface area contributed by atoms with Gasteiger partial charge in [-0.1, -0.05) is 12.1 Å². The van der Waals surface area contributed by atoms with E-state index in [4.69, 9.17) is 0 Å². The fourth-order valence-electron chi connectivity index (χ4n) is 2.12. The Hall–Kier alpha value is -2.63. The smallest absolute Gasteiger partial charge is 0.258 e. The molecule has 3 rings (SSSR count). The van der Waals surface area contributed by atoms with E-state index >= 15 is 0 Å². The molecule has 2 heterocycles. The van der Waals surface area contributed by atoms with Gasteiger partial charge in [0.05, 0.1) is 10.6 Å². The minimum atomic E-state index is -3.98. The molecule has 1 N–H and O–H groups in total. The Kier molecular flexibility index (Phi) is 4.88. The van der Waals surface area contributed by atoms with Gasteiger partial charge in [-0.2, -0.15) is 5.10 Å². The van der Waals surface area contributed by atoms with Crippen molar-refractivity contribution in [2.45, 2.75) is 11.3 Å². The highest BCUT2D eigenvalue weighted by atomic mass is 32.2. The van der Waals surface area contributed by atoms with Gasteiger partial charge in [0.2, 0.25) is 15.2 Å². The topological polar surface area (TPSA) is 120 Å². The van der Waals surface area contributed by atoms with Gasteiger partial charge in [-0.25, -0.2) is 22.8 Å². The largest absolute Gasteiger partial charge is 0.289 e. The third-order valence-electron chi connectivity index (χ3n) is 3.26. The van der Waals surface area contributed by atoms with Gasteiger partial charge in [0.1, 0.15) is 0 Å². The van der Waals surface area contributed by atoms with Crippen LogP contribution in [0.5, 0.6) is 0 Å². The average molecular weight is 379 g/mol. The predicted molar refractivity (Wildman–Crippen MR) is 91.2 cm³/mol.